The highest BCUT2D eigenvalue weighted by molar-refractivity contribution is 6.46. The van der Waals surface area contributed by atoms with Crippen molar-refractivity contribution in [1.82, 2.24) is 9.88 Å². The lowest BCUT2D eigenvalue weighted by Gasteiger charge is -2.25. The molecule has 0 spiro atoms. The summed E-state index contributed by atoms with van der Waals surface area (Å²) in [7, 11) is 0. The number of nitrogens with zero attached hydrogens (tertiary/aromatic N) is 2. The van der Waals surface area contributed by atoms with Crippen LogP contribution in [0.1, 0.15) is 43.9 Å². The number of hydrogen-bond donors (Lipinski definition) is 1. The zero-order valence-corrected chi connectivity index (χ0v) is 16.3. The van der Waals surface area contributed by atoms with Gasteiger partial charge in [-0.2, -0.15) is 0 Å². The first kappa shape index (κ1) is 20.3. The average molecular weight is 394 g/mol. The van der Waals surface area contributed by atoms with Gasteiger partial charge in [-0.1, -0.05) is 25.5 Å². The van der Waals surface area contributed by atoms with Gasteiger partial charge in [-0.25, -0.2) is 0 Å². The minimum Gasteiger partial charge on any atom is -0.507 e. The maximum absolute atomic E-state index is 12.8. The van der Waals surface area contributed by atoms with E-state index in [1.54, 1.807) is 36.4 Å². The zero-order valence-electron chi connectivity index (χ0n) is 16.3. The molecule has 1 fully saturated rings. The lowest BCUT2D eigenvalue weighted by Crippen LogP contribution is -2.30. The lowest BCUT2D eigenvalue weighted by molar-refractivity contribution is -0.139. The van der Waals surface area contributed by atoms with Crippen LogP contribution in [0.5, 0.6) is 5.75 Å². The third-order valence-corrected chi connectivity index (χ3v) is 4.68. The fraction of sp³-hybridized carbons (Fsp3) is 0.273. The van der Waals surface area contributed by atoms with Gasteiger partial charge in [0.25, 0.3) is 11.7 Å². The largest absolute Gasteiger partial charge is 0.507 e. The Morgan fingerprint density at radius 1 is 1.21 bits per heavy atom. The van der Waals surface area contributed by atoms with Crippen molar-refractivity contribution in [3.63, 3.8) is 0 Å². The Morgan fingerprint density at radius 3 is 2.59 bits per heavy atom. The van der Waals surface area contributed by atoms with Crippen LogP contribution in [0, 0.1) is 0 Å². The molecule has 29 heavy (non-hydrogen) atoms. The summed E-state index contributed by atoms with van der Waals surface area (Å²) < 4.78 is 5.15. The first-order chi connectivity index (χ1) is 13.9. The minimum absolute atomic E-state index is 0.0114. The zero-order chi connectivity index (χ0) is 21.0. The highest BCUT2D eigenvalue weighted by atomic mass is 16.5. The van der Waals surface area contributed by atoms with E-state index in [1.807, 2.05) is 6.92 Å². The second-order valence-corrected chi connectivity index (χ2v) is 6.75. The number of carbonyl (C=O) groups excluding carboxylic acids is 3. The molecule has 1 aromatic heterocycles. The molecule has 2 aromatic rings. The van der Waals surface area contributed by atoms with E-state index in [0.717, 1.165) is 6.42 Å². The molecular formula is C22H22N2O5. The first-order valence-corrected chi connectivity index (χ1v) is 9.41. The van der Waals surface area contributed by atoms with Crippen LogP contribution in [0.4, 0.5) is 0 Å². The number of benzene rings is 1. The number of aliphatic hydroxyl groups is 1. The number of Topliss-reactive ketones (excluding diaryl/α,β-unsaturated/α-hetero) is 1. The molecule has 1 atom stereocenters. The highest BCUT2D eigenvalue weighted by Gasteiger charge is 2.45. The molecule has 0 aliphatic carbocycles. The molecule has 0 saturated carbocycles. The SMILES string of the molecule is CCCCN1C(=O)C(=O)/C(=C(\O)c2ccncc2)C1c1cccc(OC(C)=O)c1. The number of aromatic nitrogens is 1. The smallest absolute Gasteiger partial charge is 0.308 e. The van der Waals surface area contributed by atoms with Gasteiger partial charge in [-0.15, -0.1) is 0 Å². The standard InChI is InChI=1S/C22H22N2O5/c1-3-4-12-24-19(16-6-5-7-17(13-16)29-14(2)25)18(21(27)22(24)28)20(26)15-8-10-23-11-9-15/h5-11,13,19,26H,3-4,12H2,1-2H3/b20-18-. The molecule has 2 heterocycles. The first-order valence-electron chi connectivity index (χ1n) is 9.41. The van der Waals surface area contributed by atoms with Crippen LogP contribution < -0.4 is 4.74 Å². The molecule has 1 aliphatic rings. The lowest BCUT2D eigenvalue weighted by atomic mass is 9.95. The van der Waals surface area contributed by atoms with E-state index in [-0.39, 0.29) is 11.3 Å². The summed E-state index contributed by atoms with van der Waals surface area (Å²) in [6, 6.07) is 9.01. The van der Waals surface area contributed by atoms with Crippen LogP contribution >= 0.6 is 0 Å². The third-order valence-electron chi connectivity index (χ3n) is 4.68. The summed E-state index contributed by atoms with van der Waals surface area (Å²) in [5.41, 5.74) is 0.988. The summed E-state index contributed by atoms with van der Waals surface area (Å²) in [5, 5.41) is 10.9. The topological polar surface area (TPSA) is 96.8 Å². The van der Waals surface area contributed by atoms with E-state index in [1.165, 1.54) is 24.2 Å². The molecule has 1 unspecified atom stereocenters. The molecule has 0 radical (unpaired) electrons. The molecule has 150 valence electrons. The number of esters is 1. The highest BCUT2D eigenvalue weighted by Crippen LogP contribution is 2.40. The molecule has 7 heteroatoms. The Balaban J connectivity index is 2.14. The predicted molar refractivity (Wildman–Crippen MR) is 106 cm³/mol. The van der Waals surface area contributed by atoms with Gasteiger partial charge in [0, 0.05) is 31.4 Å². The number of likely N-dealkylation sites (tertiary alicyclic amines) is 1. The van der Waals surface area contributed by atoms with E-state index < -0.39 is 23.7 Å². The summed E-state index contributed by atoms with van der Waals surface area (Å²) in [5.74, 6) is -1.82. The molecule has 1 amide bonds. The summed E-state index contributed by atoms with van der Waals surface area (Å²) in [6.45, 7) is 3.66. The third kappa shape index (κ3) is 4.18. The fourth-order valence-corrected chi connectivity index (χ4v) is 3.37. The predicted octanol–water partition coefficient (Wildman–Crippen LogP) is 3.23. The Kier molecular flexibility index (Phi) is 6.07. The number of unbranched alkanes of at least 4 members (excludes halogenated alkanes) is 1. The summed E-state index contributed by atoms with van der Waals surface area (Å²) in [6.07, 6.45) is 4.55. The Hall–Kier alpha value is -3.48. The monoisotopic (exact) mass is 394 g/mol. The molecule has 1 saturated heterocycles. The molecule has 1 aliphatic heterocycles. The van der Waals surface area contributed by atoms with Gasteiger partial charge in [0.1, 0.15) is 11.5 Å². The number of rotatable bonds is 6. The van der Waals surface area contributed by atoms with E-state index in [4.69, 9.17) is 4.74 Å². The second-order valence-electron chi connectivity index (χ2n) is 6.75. The number of hydrogen-bond acceptors (Lipinski definition) is 6. The molecule has 7 nitrogen and oxygen atoms in total. The summed E-state index contributed by atoms with van der Waals surface area (Å²) in [4.78, 5) is 42.3. The van der Waals surface area contributed by atoms with Crippen LogP contribution in [0.3, 0.4) is 0 Å². The van der Waals surface area contributed by atoms with E-state index in [0.29, 0.717) is 29.8 Å². The van der Waals surface area contributed by atoms with Crippen LogP contribution in [0.2, 0.25) is 0 Å². The van der Waals surface area contributed by atoms with Crippen molar-refractivity contribution in [3.8, 4) is 5.75 Å². The Labute approximate surface area is 168 Å². The quantitative estimate of drug-likeness (QED) is 0.266. The number of ether oxygens (including phenoxy) is 1. The molecule has 1 aromatic carbocycles. The number of amides is 1. The number of pyridine rings is 1. The second kappa shape index (κ2) is 8.68. The maximum Gasteiger partial charge on any atom is 0.308 e. The van der Waals surface area contributed by atoms with E-state index in [9.17, 15) is 19.5 Å². The number of ketones is 1. The van der Waals surface area contributed by atoms with Gasteiger partial charge >= 0.3 is 5.97 Å². The molecule has 1 N–H and O–H groups in total. The van der Waals surface area contributed by atoms with Crippen LogP contribution in [-0.2, 0) is 14.4 Å². The van der Waals surface area contributed by atoms with Gasteiger partial charge in [-0.3, -0.25) is 19.4 Å². The van der Waals surface area contributed by atoms with Crippen LogP contribution in [-0.4, -0.2) is 39.2 Å². The van der Waals surface area contributed by atoms with Gasteiger partial charge in [0.2, 0.25) is 0 Å². The number of carbonyl (C=O) groups is 3. The maximum atomic E-state index is 12.8. The van der Waals surface area contributed by atoms with Crippen molar-refractivity contribution in [2.45, 2.75) is 32.7 Å². The summed E-state index contributed by atoms with van der Waals surface area (Å²) >= 11 is 0. The van der Waals surface area contributed by atoms with Crippen molar-refractivity contribution in [2.75, 3.05) is 6.54 Å². The normalized spacial score (nSPS) is 18.1. The van der Waals surface area contributed by atoms with Gasteiger partial charge in [0.15, 0.2) is 0 Å². The van der Waals surface area contributed by atoms with E-state index in [2.05, 4.69) is 4.98 Å². The van der Waals surface area contributed by atoms with Crippen molar-refractivity contribution in [1.29, 1.82) is 0 Å². The Bertz CT molecular complexity index is 968. The van der Waals surface area contributed by atoms with Crippen molar-refractivity contribution >= 4 is 23.4 Å². The van der Waals surface area contributed by atoms with Gasteiger partial charge in [0.05, 0.1) is 11.6 Å². The van der Waals surface area contributed by atoms with Crippen molar-refractivity contribution in [2.24, 2.45) is 0 Å². The van der Waals surface area contributed by atoms with E-state index >= 15 is 0 Å². The van der Waals surface area contributed by atoms with Gasteiger partial charge < -0.3 is 14.7 Å². The van der Waals surface area contributed by atoms with Crippen molar-refractivity contribution < 1.29 is 24.2 Å². The minimum atomic E-state index is -0.773. The van der Waals surface area contributed by atoms with Gasteiger partial charge in [-0.05, 0) is 36.2 Å². The molecule has 0 bridgehead atoms. The fourth-order valence-electron chi connectivity index (χ4n) is 3.37. The number of aliphatic hydroxyl groups excluding tert-OH is 1. The average Bonchev–Trinajstić information content (AvgIpc) is 2.96. The molecular weight excluding hydrogens is 372 g/mol. The van der Waals surface area contributed by atoms with Crippen LogP contribution in [0.15, 0.2) is 54.4 Å². The molecule has 3 rings (SSSR count). The van der Waals surface area contributed by atoms with Crippen molar-refractivity contribution in [3.05, 3.63) is 65.5 Å². The Morgan fingerprint density at radius 2 is 1.93 bits per heavy atom. The van der Waals surface area contributed by atoms with Crippen LogP contribution in [0.25, 0.3) is 5.76 Å².